The van der Waals surface area contributed by atoms with Crippen molar-refractivity contribution in [2.45, 2.75) is 70.3 Å². The van der Waals surface area contributed by atoms with Crippen molar-refractivity contribution in [3.63, 3.8) is 0 Å². The zero-order valence-electron chi connectivity index (χ0n) is 12.4. The number of likely N-dealkylation sites (N-methyl/N-ethyl adjacent to an activating group) is 1. The average molecular weight is 251 g/mol. The molecule has 0 aromatic rings. The van der Waals surface area contributed by atoms with Crippen LogP contribution in [0.15, 0.2) is 0 Å². The Bertz CT molecular complexity index is 293. The summed E-state index contributed by atoms with van der Waals surface area (Å²) < 4.78 is 0. The van der Waals surface area contributed by atoms with Crippen LogP contribution < -0.4 is 0 Å². The van der Waals surface area contributed by atoms with Crippen LogP contribution in [-0.2, 0) is 4.79 Å². The Morgan fingerprint density at radius 1 is 1.06 bits per heavy atom. The van der Waals surface area contributed by atoms with Gasteiger partial charge in [-0.2, -0.15) is 0 Å². The highest BCUT2D eigenvalue weighted by atomic mass is 16.1. The number of ketones is 1. The van der Waals surface area contributed by atoms with Gasteiger partial charge in [0.25, 0.3) is 0 Å². The van der Waals surface area contributed by atoms with Crippen molar-refractivity contribution in [1.29, 1.82) is 0 Å². The van der Waals surface area contributed by atoms with Crippen molar-refractivity contribution in [1.82, 2.24) is 4.90 Å². The largest absolute Gasteiger partial charge is 0.297 e. The molecule has 0 aromatic carbocycles. The summed E-state index contributed by atoms with van der Waals surface area (Å²) in [5.41, 5.74) is -0.139. The van der Waals surface area contributed by atoms with Gasteiger partial charge in [0, 0.05) is 5.92 Å². The number of nitrogens with zero attached hydrogens (tertiary/aromatic N) is 1. The molecule has 2 nitrogen and oxygen atoms in total. The van der Waals surface area contributed by atoms with E-state index in [0.29, 0.717) is 17.6 Å². The lowest BCUT2D eigenvalue weighted by Crippen LogP contribution is -2.56. The lowest BCUT2D eigenvalue weighted by Gasteiger charge is -2.46. The van der Waals surface area contributed by atoms with Crippen molar-refractivity contribution in [2.24, 2.45) is 11.8 Å². The summed E-state index contributed by atoms with van der Waals surface area (Å²) in [5.74, 6) is 1.62. The Balaban J connectivity index is 2.15. The molecule has 2 aliphatic rings. The molecular weight excluding hydrogens is 222 g/mol. The normalized spacial score (nSPS) is 34.8. The number of carbonyl (C=O) groups is 1. The van der Waals surface area contributed by atoms with E-state index in [0.717, 1.165) is 25.7 Å². The van der Waals surface area contributed by atoms with Gasteiger partial charge in [0.05, 0.1) is 5.54 Å². The molecule has 2 fully saturated rings. The Hall–Kier alpha value is -0.370. The maximum absolute atomic E-state index is 13.0. The van der Waals surface area contributed by atoms with Gasteiger partial charge in [0.15, 0.2) is 5.78 Å². The molecule has 0 N–H and O–H groups in total. The van der Waals surface area contributed by atoms with Crippen molar-refractivity contribution in [2.75, 3.05) is 14.1 Å². The van der Waals surface area contributed by atoms with Crippen LogP contribution in [0.25, 0.3) is 0 Å². The molecule has 2 atom stereocenters. The summed E-state index contributed by atoms with van der Waals surface area (Å²) >= 11 is 0. The number of rotatable bonds is 3. The third-order valence-electron chi connectivity index (χ3n) is 5.26. The quantitative estimate of drug-likeness (QED) is 0.763. The predicted octanol–water partition coefficient (Wildman–Crippen LogP) is 3.65. The zero-order valence-corrected chi connectivity index (χ0v) is 12.4. The average Bonchev–Trinajstić information content (AvgIpc) is 2.38. The van der Waals surface area contributed by atoms with E-state index in [9.17, 15) is 4.79 Å². The Morgan fingerprint density at radius 2 is 1.72 bits per heavy atom. The molecule has 0 aliphatic heterocycles. The molecular formula is C16H29NO. The first-order chi connectivity index (χ1) is 8.56. The molecule has 2 aliphatic carbocycles. The molecule has 18 heavy (non-hydrogen) atoms. The van der Waals surface area contributed by atoms with E-state index >= 15 is 0 Å². The first kappa shape index (κ1) is 14.0. The van der Waals surface area contributed by atoms with Crippen molar-refractivity contribution in [3.05, 3.63) is 0 Å². The molecule has 2 rings (SSSR count). The van der Waals surface area contributed by atoms with E-state index in [1.807, 2.05) is 0 Å². The van der Waals surface area contributed by atoms with Gasteiger partial charge in [0.1, 0.15) is 0 Å². The highest BCUT2D eigenvalue weighted by Crippen LogP contribution is 2.40. The minimum absolute atomic E-state index is 0.139. The summed E-state index contributed by atoms with van der Waals surface area (Å²) in [4.78, 5) is 15.3. The number of Topliss-reactive ketones (excluding diaryl/α,β-unsaturated/α-hetero) is 1. The zero-order chi connectivity index (χ0) is 13.2. The lowest BCUT2D eigenvalue weighted by atomic mass is 9.68. The Morgan fingerprint density at radius 3 is 2.28 bits per heavy atom. The second-order valence-corrected chi connectivity index (χ2v) is 6.83. The maximum Gasteiger partial charge on any atom is 0.156 e. The topological polar surface area (TPSA) is 20.3 Å². The van der Waals surface area contributed by atoms with Gasteiger partial charge in [0.2, 0.25) is 0 Å². The van der Waals surface area contributed by atoms with Gasteiger partial charge in [-0.3, -0.25) is 9.69 Å². The minimum atomic E-state index is -0.139. The molecule has 0 aromatic heterocycles. The monoisotopic (exact) mass is 251 g/mol. The molecule has 2 heteroatoms. The van der Waals surface area contributed by atoms with Crippen LogP contribution in [0.3, 0.4) is 0 Å². The van der Waals surface area contributed by atoms with Gasteiger partial charge in [-0.25, -0.2) is 0 Å². The first-order valence-corrected chi connectivity index (χ1v) is 7.78. The molecule has 104 valence electrons. The van der Waals surface area contributed by atoms with Crippen molar-refractivity contribution < 1.29 is 4.79 Å². The van der Waals surface area contributed by atoms with Crippen LogP contribution in [0.1, 0.15) is 64.7 Å². The van der Waals surface area contributed by atoms with Crippen LogP contribution in [0.4, 0.5) is 0 Å². The molecule has 2 unspecified atom stereocenters. The second kappa shape index (κ2) is 5.73. The van der Waals surface area contributed by atoms with E-state index in [2.05, 4.69) is 25.9 Å². The SMILES string of the molecule is CC1CCCC(C(=O)C2CCCCC2)(N(C)C)C1. The molecule has 0 radical (unpaired) electrons. The van der Waals surface area contributed by atoms with Crippen molar-refractivity contribution in [3.8, 4) is 0 Å². The van der Waals surface area contributed by atoms with Crippen LogP contribution >= 0.6 is 0 Å². The summed E-state index contributed by atoms with van der Waals surface area (Å²) in [7, 11) is 4.22. The fourth-order valence-electron chi connectivity index (χ4n) is 4.12. The molecule has 0 saturated heterocycles. The smallest absolute Gasteiger partial charge is 0.156 e. The standard InChI is InChI=1S/C16H29NO/c1-13-8-7-11-16(12-13,17(2)3)15(18)14-9-5-4-6-10-14/h13-14H,4-12H2,1-3H3. The molecule has 0 amide bonds. The first-order valence-electron chi connectivity index (χ1n) is 7.78. The lowest BCUT2D eigenvalue weighted by molar-refractivity contribution is -0.138. The van der Waals surface area contributed by atoms with Crippen LogP contribution in [0, 0.1) is 11.8 Å². The summed E-state index contributed by atoms with van der Waals surface area (Å²) in [6.45, 7) is 2.31. The van der Waals surface area contributed by atoms with Gasteiger partial charge >= 0.3 is 0 Å². The molecule has 0 bridgehead atoms. The van der Waals surface area contributed by atoms with E-state index in [1.54, 1.807) is 0 Å². The van der Waals surface area contributed by atoms with Gasteiger partial charge < -0.3 is 0 Å². The highest BCUT2D eigenvalue weighted by molar-refractivity contribution is 5.90. The summed E-state index contributed by atoms with van der Waals surface area (Å²) in [5, 5.41) is 0. The predicted molar refractivity (Wildman–Crippen MR) is 75.6 cm³/mol. The van der Waals surface area contributed by atoms with E-state index in [1.165, 1.54) is 32.1 Å². The number of carbonyl (C=O) groups excluding carboxylic acids is 1. The van der Waals surface area contributed by atoms with E-state index in [4.69, 9.17) is 0 Å². The van der Waals surface area contributed by atoms with E-state index in [-0.39, 0.29) is 5.54 Å². The second-order valence-electron chi connectivity index (χ2n) is 6.83. The van der Waals surface area contributed by atoms with Crippen LogP contribution in [0.2, 0.25) is 0 Å². The molecule has 2 saturated carbocycles. The van der Waals surface area contributed by atoms with Gasteiger partial charge in [-0.1, -0.05) is 39.0 Å². The highest BCUT2D eigenvalue weighted by Gasteiger charge is 2.45. The molecule has 0 spiro atoms. The maximum atomic E-state index is 13.0. The van der Waals surface area contributed by atoms with E-state index < -0.39 is 0 Å². The van der Waals surface area contributed by atoms with Crippen LogP contribution in [-0.4, -0.2) is 30.3 Å². The Labute approximate surface area is 112 Å². The van der Waals surface area contributed by atoms with Crippen LogP contribution in [0.5, 0.6) is 0 Å². The third kappa shape index (κ3) is 2.64. The third-order valence-corrected chi connectivity index (χ3v) is 5.26. The fraction of sp³-hybridized carbons (Fsp3) is 0.938. The van der Waals surface area contributed by atoms with Gasteiger partial charge in [-0.15, -0.1) is 0 Å². The summed E-state index contributed by atoms with van der Waals surface area (Å²) in [6.07, 6.45) is 10.8. The van der Waals surface area contributed by atoms with Crippen molar-refractivity contribution >= 4 is 5.78 Å². The molecule has 0 heterocycles. The fourth-order valence-corrected chi connectivity index (χ4v) is 4.12. The number of hydrogen-bond donors (Lipinski definition) is 0. The summed E-state index contributed by atoms with van der Waals surface area (Å²) in [6, 6.07) is 0. The Kier molecular flexibility index (Phi) is 4.47. The van der Waals surface area contributed by atoms with Gasteiger partial charge in [-0.05, 0) is 45.7 Å². The number of hydrogen-bond acceptors (Lipinski definition) is 2. The minimum Gasteiger partial charge on any atom is -0.297 e.